The summed E-state index contributed by atoms with van der Waals surface area (Å²) in [6, 6.07) is 16.5. The van der Waals surface area contributed by atoms with Gasteiger partial charge in [-0.3, -0.25) is 9.59 Å². The highest BCUT2D eigenvalue weighted by Crippen LogP contribution is 2.23. The average molecular weight is 382 g/mol. The zero-order valence-corrected chi connectivity index (χ0v) is 15.4. The van der Waals surface area contributed by atoms with Crippen molar-refractivity contribution in [2.75, 3.05) is 12.4 Å². The molecule has 138 valence electrons. The van der Waals surface area contributed by atoms with E-state index in [2.05, 4.69) is 20.8 Å². The molecule has 1 saturated heterocycles. The first-order chi connectivity index (χ1) is 13.1. The molecule has 2 aromatic carbocycles. The smallest absolute Gasteiger partial charge is 0.238 e. The van der Waals surface area contributed by atoms with Crippen molar-refractivity contribution in [2.45, 2.75) is 11.7 Å². The molecule has 0 radical (unpaired) electrons. The lowest BCUT2D eigenvalue weighted by atomic mass is 10.2. The van der Waals surface area contributed by atoms with Crippen LogP contribution in [0.2, 0.25) is 0 Å². The standard InChI is InChI=1S/C19H18N4O3S/c1-26-15-9-5-8-14(10-15)21-18(25)16-11-17(24)22-19(27-16)23-20-12-13-6-3-2-4-7-13/h2-10,12,16H,11H2,1H3,(H,21,25)(H,22,23,24)/b20-12-/t16-/m0/s1. The van der Waals surface area contributed by atoms with Crippen LogP contribution in [0.3, 0.4) is 0 Å². The number of methoxy groups -OCH3 is 1. The van der Waals surface area contributed by atoms with E-state index in [0.29, 0.717) is 16.6 Å². The summed E-state index contributed by atoms with van der Waals surface area (Å²) in [4.78, 5) is 24.4. The van der Waals surface area contributed by atoms with E-state index in [1.54, 1.807) is 37.6 Å². The molecule has 0 unspecified atom stereocenters. The minimum atomic E-state index is -0.587. The summed E-state index contributed by atoms with van der Waals surface area (Å²) in [5.41, 5.74) is 1.49. The van der Waals surface area contributed by atoms with Gasteiger partial charge in [0.05, 0.1) is 13.3 Å². The fraction of sp³-hybridized carbons (Fsp3) is 0.158. The van der Waals surface area contributed by atoms with Gasteiger partial charge < -0.3 is 15.4 Å². The third-order valence-corrected chi connectivity index (χ3v) is 4.73. The lowest BCUT2D eigenvalue weighted by molar-refractivity contribution is -0.123. The molecule has 0 saturated carbocycles. The van der Waals surface area contributed by atoms with Crippen LogP contribution in [0.1, 0.15) is 12.0 Å². The first-order valence-corrected chi connectivity index (χ1v) is 9.09. The zero-order chi connectivity index (χ0) is 19.1. The van der Waals surface area contributed by atoms with Crippen molar-refractivity contribution in [3.63, 3.8) is 0 Å². The lowest BCUT2D eigenvalue weighted by Crippen LogP contribution is -2.41. The Balaban J connectivity index is 1.65. The molecule has 1 aliphatic heterocycles. The lowest BCUT2D eigenvalue weighted by Gasteiger charge is -2.21. The van der Waals surface area contributed by atoms with E-state index in [1.807, 2.05) is 30.3 Å². The number of nitrogens with zero attached hydrogens (tertiary/aromatic N) is 2. The average Bonchev–Trinajstić information content (AvgIpc) is 2.68. The van der Waals surface area contributed by atoms with Crippen molar-refractivity contribution in [1.29, 1.82) is 0 Å². The van der Waals surface area contributed by atoms with Crippen LogP contribution in [0, 0.1) is 0 Å². The molecule has 27 heavy (non-hydrogen) atoms. The second-order valence-electron chi connectivity index (χ2n) is 5.64. The number of ether oxygens (including phenoxy) is 1. The van der Waals surface area contributed by atoms with Crippen LogP contribution in [0.4, 0.5) is 5.69 Å². The SMILES string of the molecule is COc1cccc(NC(=O)[C@@H]2CC(=O)NC(=N/N=C\c3ccccc3)S2)c1. The fourth-order valence-electron chi connectivity index (χ4n) is 2.35. The summed E-state index contributed by atoms with van der Waals surface area (Å²) in [6.07, 6.45) is 1.65. The molecular weight excluding hydrogens is 364 g/mol. The number of nitrogens with one attached hydrogen (secondary N) is 2. The van der Waals surface area contributed by atoms with Gasteiger partial charge in [0, 0.05) is 18.2 Å². The molecule has 1 heterocycles. The Morgan fingerprint density at radius 2 is 2.07 bits per heavy atom. The van der Waals surface area contributed by atoms with Crippen LogP contribution in [0.25, 0.3) is 0 Å². The topological polar surface area (TPSA) is 92.1 Å². The molecular formula is C19H18N4O3S. The van der Waals surface area contributed by atoms with Gasteiger partial charge in [-0.2, -0.15) is 5.10 Å². The van der Waals surface area contributed by atoms with Gasteiger partial charge in [0.25, 0.3) is 0 Å². The van der Waals surface area contributed by atoms with E-state index in [9.17, 15) is 9.59 Å². The van der Waals surface area contributed by atoms with Crippen molar-refractivity contribution in [3.8, 4) is 5.75 Å². The highest BCUT2D eigenvalue weighted by Gasteiger charge is 2.30. The van der Waals surface area contributed by atoms with Gasteiger partial charge in [-0.1, -0.05) is 48.2 Å². The summed E-state index contributed by atoms with van der Waals surface area (Å²) in [7, 11) is 1.56. The van der Waals surface area contributed by atoms with E-state index < -0.39 is 5.25 Å². The van der Waals surface area contributed by atoms with E-state index in [0.717, 1.165) is 5.56 Å². The van der Waals surface area contributed by atoms with Crippen LogP contribution in [-0.4, -0.2) is 35.6 Å². The van der Waals surface area contributed by atoms with Crippen LogP contribution in [0.5, 0.6) is 5.75 Å². The summed E-state index contributed by atoms with van der Waals surface area (Å²) >= 11 is 1.17. The Kier molecular flexibility index (Phi) is 6.22. The summed E-state index contributed by atoms with van der Waals surface area (Å²) < 4.78 is 5.14. The third-order valence-electron chi connectivity index (χ3n) is 3.66. The van der Waals surface area contributed by atoms with E-state index in [4.69, 9.17) is 4.74 Å². The number of hydrogen-bond acceptors (Lipinski definition) is 6. The van der Waals surface area contributed by atoms with Crippen LogP contribution < -0.4 is 15.4 Å². The first kappa shape index (κ1) is 18.7. The molecule has 0 bridgehead atoms. The van der Waals surface area contributed by atoms with Crippen molar-refractivity contribution in [3.05, 3.63) is 60.2 Å². The maximum absolute atomic E-state index is 12.5. The quantitative estimate of drug-likeness (QED) is 0.614. The maximum atomic E-state index is 12.5. The highest BCUT2D eigenvalue weighted by atomic mass is 32.2. The molecule has 2 amide bonds. The van der Waals surface area contributed by atoms with Gasteiger partial charge in [-0.05, 0) is 17.7 Å². The molecule has 0 aliphatic carbocycles. The molecule has 2 aromatic rings. The van der Waals surface area contributed by atoms with Gasteiger partial charge in [0.1, 0.15) is 11.0 Å². The summed E-state index contributed by atoms with van der Waals surface area (Å²) in [6.45, 7) is 0. The monoisotopic (exact) mass is 382 g/mol. The van der Waals surface area contributed by atoms with Crippen LogP contribution >= 0.6 is 11.8 Å². The van der Waals surface area contributed by atoms with E-state index in [1.165, 1.54) is 11.8 Å². The second-order valence-corrected chi connectivity index (χ2v) is 6.83. The molecule has 3 rings (SSSR count). The third kappa shape index (κ3) is 5.42. The Bertz CT molecular complexity index is 884. The number of amidine groups is 1. The normalized spacial score (nSPS) is 18.3. The number of benzene rings is 2. The van der Waals surface area contributed by atoms with E-state index >= 15 is 0 Å². The highest BCUT2D eigenvalue weighted by molar-refractivity contribution is 8.15. The number of carbonyl (C=O) groups excluding carboxylic acids is 2. The van der Waals surface area contributed by atoms with Crippen molar-refractivity contribution < 1.29 is 14.3 Å². The number of thioether (sulfide) groups is 1. The molecule has 1 aliphatic rings. The van der Waals surface area contributed by atoms with Gasteiger partial charge >= 0.3 is 0 Å². The van der Waals surface area contributed by atoms with Crippen molar-refractivity contribution in [2.24, 2.45) is 10.2 Å². The predicted molar refractivity (Wildman–Crippen MR) is 107 cm³/mol. The zero-order valence-electron chi connectivity index (χ0n) is 14.6. The minimum absolute atomic E-state index is 0.0713. The minimum Gasteiger partial charge on any atom is -0.497 e. The summed E-state index contributed by atoms with van der Waals surface area (Å²) in [5, 5.41) is 13.1. The Hall–Kier alpha value is -3.13. The molecule has 0 spiro atoms. The Labute approximate surface area is 160 Å². The van der Waals surface area contributed by atoms with E-state index in [-0.39, 0.29) is 18.2 Å². The number of amides is 2. The number of hydrogen-bond donors (Lipinski definition) is 2. The van der Waals surface area contributed by atoms with Crippen molar-refractivity contribution in [1.82, 2.24) is 5.32 Å². The molecule has 8 heteroatoms. The second kappa shape index (κ2) is 9.00. The van der Waals surface area contributed by atoms with Crippen LogP contribution in [0.15, 0.2) is 64.8 Å². The Morgan fingerprint density at radius 1 is 1.26 bits per heavy atom. The Morgan fingerprint density at radius 3 is 2.85 bits per heavy atom. The molecule has 1 atom stereocenters. The largest absolute Gasteiger partial charge is 0.497 e. The summed E-state index contributed by atoms with van der Waals surface area (Å²) in [5.74, 6) is 0.0930. The van der Waals surface area contributed by atoms with Crippen molar-refractivity contribution >= 4 is 40.6 Å². The fourth-order valence-corrected chi connectivity index (χ4v) is 3.29. The van der Waals surface area contributed by atoms with Crippen LogP contribution in [-0.2, 0) is 9.59 Å². The van der Waals surface area contributed by atoms with Gasteiger partial charge in [-0.25, -0.2) is 0 Å². The first-order valence-electron chi connectivity index (χ1n) is 8.21. The van der Waals surface area contributed by atoms with Gasteiger partial charge in [-0.15, -0.1) is 5.10 Å². The molecule has 1 fully saturated rings. The number of rotatable bonds is 5. The molecule has 2 N–H and O–H groups in total. The predicted octanol–water partition coefficient (Wildman–Crippen LogP) is 2.65. The molecule has 0 aromatic heterocycles. The molecule has 7 nitrogen and oxygen atoms in total. The van der Waals surface area contributed by atoms with Gasteiger partial charge in [0.2, 0.25) is 11.8 Å². The number of carbonyl (C=O) groups is 2. The van der Waals surface area contributed by atoms with Gasteiger partial charge in [0.15, 0.2) is 5.17 Å². The number of anilines is 1. The maximum Gasteiger partial charge on any atom is 0.238 e.